The van der Waals surface area contributed by atoms with Crippen molar-refractivity contribution in [1.82, 2.24) is 9.88 Å². The van der Waals surface area contributed by atoms with Crippen molar-refractivity contribution < 1.29 is 18.7 Å². The molecule has 0 atom stereocenters. The molecule has 1 aromatic rings. The van der Waals surface area contributed by atoms with E-state index in [4.69, 9.17) is 0 Å². The summed E-state index contributed by atoms with van der Waals surface area (Å²) in [6, 6.07) is 0. The van der Waals surface area contributed by atoms with Crippen LogP contribution in [0.2, 0.25) is 0 Å². The standard InChI is InChI=1S/C14H19F2N3O2S/c1-10-9-22-12(17-10)19-7-5-18(6-8-19)11(20)14(15,16)13(21)3-2-4-13/h9,21H,2-8H2,1H3. The SMILES string of the molecule is Cc1csc(N2CCN(C(=O)C(F)(F)C3(O)CCC3)CC2)n1. The Labute approximate surface area is 131 Å². The van der Waals surface area contributed by atoms with Crippen LogP contribution in [0, 0.1) is 6.92 Å². The number of alkyl halides is 2. The van der Waals surface area contributed by atoms with Crippen LogP contribution >= 0.6 is 11.3 Å². The Morgan fingerprint density at radius 2 is 2.00 bits per heavy atom. The van der Waals surface area contributed by atoms with Crippen molar-refractivity contribution in [2.75, 3.05) is 31.1 Å². The highest BCUT2D eigenvalue weighted by Gasteiger charge is 2.62. The van der Waals surface area contributed by atoms with Gasteiger partial charge in [0.2, 0.25) is 0 Å². The van der Waals surface area contributed by atoms with E-state index in [0.29, 0.717) is 19.5 Å². The van der Waals surface area contributed by atoms with Gasteiger partial charge in [0.05, 0.1) is 5.69 Å². The van der Waals surface area contributed by atoms with Gasteiger partial charge in [-0.05, 0) is 26.2 Å². The number of aryl methyl sites for hydroxylation is 1. The van der Waals surface area contributed by atoms with Crippen molar-refractivity contribution >= 4 is 22.4 Å². The van der Waals surface area contributed by atoms with E-state index in [9.17, 15) is 18.7 Å². The molecule has 0 unspecified atom stereocenters. The summed E-state index contributed by atoms with van der Waals surface area (Å²) in [5.41, 5.74) is -1.22. The normalized spacial score (nSPS) is 21.6. The summed E-state index contributed by atoms with van der Waals surface area (Å²) < 4.78 is 28.4. The largest absolute Gasteiger partial charge is 0.383 e. The molecular weight excluding hydrogens is 312 g/mol. The lowest BCUT2D eigenvalue weighted by atomic mass is 9.75. The average molecular weight is 331 g/mol. The highest BCUT2D eigenvalue weighted by Crippen LogP contribution is 2.45. The quantitative estimate of drug-likeness (QED) is 0.915. The zero-order chi connectivity index (χ0) is 16.0. The summed E-state index contributed by atoms with van der Waals surface area (Å²) in [4.78, 5) is 19.6. The Kier molecular flexibility index (Phi) is 3.84. The average Bonchev–Trinajstić information content (AvgIpc) is 2.90. The predicted molar refractivity (Wildman–Crippen MR) is 79.4 cm³/mol. The second-order valence-corrected chi connectivity index (χ2v) is 6.85. The molecule has 3 rings (SSSR count). The number of halogens is 2. The first-order valence-electron chi connectivity index (χ1n) is 7.40. The minimum Gasteiger partial charge on any atom is -0.383 e. The van der Waals surface area contributed by atoms with E-state index >= 15 is 0 Å². The van der Waals surface area contributed by atoms with Gasteiger partial charge in [-0.2, -0.15) is 8.78 Å². The second kappa shape index (κ2) is 5.42. The van der Waals surface area contributed by atoms with Gasteiger partial charge in [0.1, 0.15) is 5.60 Å². The molecule has 1 saturated carbocycles. The minimum absolute atomic E-state index is 0.00982. The van der Waals surface area contributed by atoms with Crippen LogP contribution in [-0.2, 0) is 4.79 Å². The third-order valence-electron chi connectivity index (χ3n) is 4.48. The lowest BCUT2D eigenvalue weighted by Crippen LogP contribution is -2.63. The van der Waals surface area contributed by atoms with E-state index in [-0.39, 0.29) is 25.9 Å². The van der Waals surface area contributed by atoms with E-state index in [0.717, 1.165) is 15.7 Å². The number of aliphatic hydroxyl groups is 1. The topological polar surface area (TPSA) is 56.7 Å². The van der Waals surface area contributed by atoms with Crippen LogP contribution < -0.4 is 4.90 Å². The number of rotatable bonds is 3. The lowest BCUT2D eigenvalue weighted by molar-refractivity contribution is -0.223. The second-order valence-electron chi connectivity index (χ2n) is 6.01. The highest BCUT2D eigenvalue weighted by atomic mass is 32.1. The molecule has 2 fully saturated rings. The van der Waals surface area contributed by atoms with Crippen molar-refractivity contribution in [2.45, 2.75) is 37.7 Å². The minimum atomic E-state index is -3.69. The maximum Gasteiger partial charge on any atom is 0.352 e. The summed E-state index contributed by atoms with van der Waals surface area (Å²) in [5.74, 6) is -4.93. The van der Waals surface area contributed by atoms with Gasteiger partial charge in [0, 0.05) is 31.6 Å². The lowest BCUT2D eigenvalue weighted by Gasteiger charge is -2.44. The summed E-state index contributed by atoms with van der Waals surface area (Å²) in [6.07, 6.45) is 0.519. The van der Waals surface area contributed by atoms with E-state index in [1.807, 2.05) is 17.2 Å². The molecule has 8 heteroatoms. The van der Waals surface area contributed by atoms with Gasteiger partial charge in [0.25, 0.3) is 5.91 Å². The number of piperazine rings is 1. The van der Waals surface area contributed by atoms with E-state index < -0.39 is 17.4 Å². The molecule has 1 N–H and O–H groups in total. The molecule has 2 aliphatic rings. The van der Waals surface area contributed by atoms with E-state index in [1.54, 1.807) is 0 Å². The zero-order valence-electron chi connectivity index (χ0n) is 12.4. The molecule has 2 heterocycles. The fourth-order valence-electron chi connectivity index (χ4n) is 2.81. The first-order valence-corrected chi connectivity index (χ1v) is 8.28. The number of hydrogen-bond donors (Lipinski definition) is 1. The molecule has 1 saturated heterocycles. The third kappa shape index (κ3) is 2.48. The number of aromatic nitrogens is 1. The molecule has 1 aromatic heterocycles. The molecule has 0 spiro atoms. The van der Waals surface area contributed by atoms with Crippen LogP contribution in [0.4, 0.5) is 13.9 Å². The third-order valence-corrected chi connectivity index (χ3v) is 5.50. The summed E-state index contributed by atoms with van der Waals surface area (Å²) >= 11 is 1.51. The van der Waals surface area contributed by atoms with Gasteiger partial charge in [-0.25, -0.2) is 4.98 Å². The molecule has 0 aromatic carbocycles. The van der Waals surface area contributed by atoms with Crippen molar-refractivity contribution in [2.24, 2.45) is 0 Å². The van der Waals surface area contributed by atoms with Crippen LogP contribution in [0.25, 0.3) is 0 Å². The fourth-order valence-corrected chi connectivity index (χ4v) is 3.67. The number of amides is 1. The molecule has 22 heavy (non-hydrogen) atoms. The number of anilines is 1. The Balaban J connectivity index is 1.62. The van der Waals surface area contributed by atoms with Gasteiger partial charge in [0.15, 0.2) is 5.13 Å². The van der Waals surface area contributed by atoms with Crippen LogP contribution in [0.15, 0.2) is 5.38 Å². The summed E-state index contributed by atoms with van der Waals surface area (Å²) in [5, 5.41) is 12.6. The van der Waals surface area contributed by atoms with Crippen molar-refractivity contribution in [3.63, 3.8) is 0 Å². The Hall–Kier alpha value is -1.28. The smallest absolute Gasteiger partial charge is 0.352 e. The number of hydrogen-bond acceptors (Lipinski definition) is 5. The Morgan fingerprint density at radius 1 is 1.36 bits per heavy atom. The maximum absolute atomic E-state index is 14.2. The Bertz CT molecular complexity index is 566. The zero-order valence-corrected chi connectivity index (χ0v) is 13.2. The molecule has 1 aliphatic heterocycles. The molecule has 0 radical (unpaired) electrons. The van der Waals surface area contributed by atoms with Crippen molar-refractivity contribution in [3.05, 3.63) is 11.1 Å². The summed E-state index contributed by atoms with van der Waals surface area (Å²) in [7, 11) is 0. The Morgan fingerprint density at radius 3 is 2.45 bits per heavy atom. The monoisotopic (exact) mass is 331 g/mol. The van der Waals surface area contributed by atoms with Gasteiger partial charge in [-0.1, -0.05) is 0 Å². The molecule has 1 amide bonds. The van der Waals surface area contributed by atoms with E-state index in [1.165, 1.54) is 11.3 Å². The highest BCUT2D eigenvalue weighted by molar-refractivity contribution is 7.13. The van der Waals surface area contributed by atoms with Crippen LogP contribution in [0.1, 0.15) is 25.0 Å². The number of thiazole rings is 1. The summed E-state index contributed by atoms with van der Waals surface area (Å²) in [6.45, 7) is 3.31. The number of carbonyl (C=O) groups excluding carboxylic acids is 1. The van der Waals surface area contributed by atoms with Gasteiger partial charge >= 0.3 is 5.92 Å². The molecule has 1 aliphatic carbocycles. The van der Waals surface area contributed by atoms with Gasteiger partial charge < -0.3 is 14.9 Å². The maximum atomic E-state index is 14.2. The van der Waals surface area contributed by atoms with E-state index in [2.05, 4.69) is 4.98 Å². The van der Waals surface area contributed by atoms with Gasteiger partial charge in [-0.15, -0.1) is 11.3 Å². The number of carbonyl (C=O) groups is 1. The van der Waals surface area contributed by atoms with Crippen LogP contribution in [0.5, 0.6) is 0 Å². The van der Waals surface area contributed by atoms with Crippen LogP contribution in [0.3, 0.4) is 0 Å². The van der Waals surface area contributed by atoms with Crippen molar-refractivity contribution in [1.29, 1.82) is 0 Å². The molecular formula is C14H19F2N3O2S. The van der Waals surface area contributed by atoms with Crippen molar-refractivity contribution in [3.8, 4) is 0 Å². The van der Waals surface area contributed by atoms with Crippen LogP contribution in [-0.4, -0.2) is 58.6 Å². The van der Waals surface area contributed by atoms with Gasteiger partial charge in [-0.3, -0.25) is 4.79 Å². The number of nitrogens with zero attached hydrogens (tertiary/aromatic N) is 3. The predicted octanol–water partition coefficient (Wildman–Crippen LogP) is 1.65. The molecule has 0 bridgehead atoms. The molecule has 122 valence electrons. The molecule has 5 nitrogen and oxygen atoms in total. The first kappa shape index (κ1) is 15.6. The fraction of sp³-hybridized carbons (Fsp3) is 0.714. The first-order chi connectivity index (χ1) is 10.3.